The second-order valence-corrected chi connectivity index (χ2v) is 22.0. The van der Waals surface area contributed by atoms with Crippen LogP contribution in [0.4, 0.5) is 17.5 Å². The van der Waals surface area contributed by atoms with E-state index >= 15 is 0 Å². The van der Waals surface area contributed by atoms with E-state index in [0.717, 1.165) is 119 Å². The maximum Gasteiger partial charge on any atom is 0.246 e. The first-order valence-corrected chi connectivity index (χ1v) is 26.0. The zero-order chi connectivity index (χ0) is 50.1. The van der Waals surface area contributed by atoms with Crippen molar-refractivity contribution in [2.45, 2.75) is 121 Å². The molecule has 2 aliphatic carbocycles. The van der Waals surface area contributed by atoms with Crippen LogP contribution >= 0.6 is 0 Å². The largest absolute Gasteiger partial charge is 0.507 e. The number of rotatable bonds is 13. The van der Waals surface area contributed by atoms with E-state index in [9.17, 15) is 29.7 Å². The van der Waals surface area contributed by atoms with Gasteiger partial charge in [-0.05, 0) is 129 Å². The van der Waals surface area contributed by atoms with Crippen molar-refractivity contribution in [1.29, 1.82) is 0 Å². The number of piperidine rings is 1. The van der Waals surface area contributed by atoms with Gasteiger partial charge in [-0.25, -0.2) is 9.97 Å². The van der Waals surface area contributed by atoms with Crippen molar-refractivity contribution in [2.75, 3.05) is 67.5 Å². The lowest BCUT2D eigenvalue weighted by Crippen LogP contribution is -2.59. The smallest absolute Gasteiger partial charge is 0.246 e. The number of amides is 3. The van der Waals surface area contributed by atoms with Crippen molar-refractivity contribution in [3.8, 4) is 29.4 Å². The van der Waals surface area contributed by atoms with Crippen molar-refractivity contribution in [3.63, 3.8) is 0 Å². The van der Waals surface area contributed by atoms with Crippen molar-refractivity contribution >= 4 is 35.2 Å². The van der Waals surface area contributed by atoms with Crippen LogP contribution in [-0.4, -0.2) is 146 Å². The molecule has 2 aromatic heterocycles. The molecule has 3 amide bonds. The van der Waals surface area contributed by atoms with E-state index < -0.39 is 29.5 Å². The lowest BCUT2D eigenvalue weighted by molar-refractivity contribution is -0.145. The number of β-amino-alcohol motifs (C(OH)–C–C–N with tert-alkyl or cyclic N) is 1. The molecule has 6 heterocycles. The van der Waals surface area contributed by atoms with Gasteiger partial charge in [0.1, 0.15) is 17.8 Å². The fourth-order valence-electron chi connectivity index (χ4n) is 12.5. The monoisotopic (exact) mass is 980 g/mol. The molecule has 4 aliphatic heterocycles. The Kier molecular flexibility index (Phi) is 14.1. The Labute approximate surface area is 422 Å². The number of phenolic OH excluding ortho intramolecular Hbond substituents is 1. The molecule has 6 aliphatic rings. The summed E-state index contributed by atoms with van der Waals surface area (Å²) in [6.45, 7) is 8.96. The number of aliphatic hydroxyl groups is 2. The molecule has 10 rings (SSSR count). The summed E-state index contributed by atoms with van der Waals surface area (Å²) in [4.78, 5) is 60.5. The summed E-state index contributed by atoms with van der Waals surface area (Å²) in [5.41, 5.74) is 4.52. The summed E-state index contributed by atoms with van der Waals surface area (Å²) in [5.74, 6) is 3.53. The molecule has 2 aromatic carbocycles. The summed E-state index contributed by atoms with van der Waals surface area (Å²) in [6, 6.07) is 15.4. The number of terminal acetylenes is 1. The summed E-state index contributed by atoms with van der Waals surface area (Å²) in [6.07, 6.45) is 16.9. The first-order chi connectivity index (χ1) is 34.8. The van der Waals surface area contributed by atoms with E-state index in [2.05, 4.69) is 46.8 Å². The lowest BCUT2D eigenvalue weighted by Gasteiger charge is -2.55. The van der Waals surface area contributed by atoms with Gasteiger partial charge in [-0.2, -0.15) is 0 Å². The molecule has 0 radical (unpaired) electrons. The Morgan fingerprint density at radius 3 is 2.38 bits per heavy atom. The summed E-state index contributed by atoms with van der Waals surface area (Å²) in [7, 11) is 0. The highest BCUT2D eigenvalue weighted by molar-refractivity contribution is 5.93. The molecule has 4 atom stereocenters. The molecule has 3 saturated heterocycles. The number of aromatic nitrogens is 4. The Hall–Kier alpha value is -6.35. The fraction of sp³-hybridized carbons (Fsp3) is 0.545. The first-order valence-electron chi connectivity index (χ1n) is 26.0. The number of carbonyl (C=O) groups excluding carboxylic acids is 3. The van der Waals surface area contributed by atoms with Gasteiger partial charge >= 0.3 is 0 Å². The van der Waals surface area contributed by atoms with Crippen LogP contribution in [0.5, 0.6) is 5.75 Å². The number of para-hydroxylation sites is 1. The maximum atomic E-state index is 14.4. The first kappa shape index (κ1) is 49.2. The number of hydrogen-bond donors (Lipinski definition) is 6. The zero-order valence-electron chi connectivity index (χ0n) is 41.5. The molecule has 72 heavy (non-hydrogen) atoms. The van der Waals surface area contributed by atoms with E-state index in [1.807, 2.05) is 56.6 Å². The fourth-order valence-corrected chi connectivity index (χ4v) is 12.5. The van der Waals surface area contributed by atoms with Gasteiger partial charge in [0.15, 0.2) is 5.82 Å². The molecule has 0 bridgehead atoms. The van der Waals surface area contributed by atoms with E-state index in [1.165, 1.54) is 10.5 Å². The number of nitrogens with one attached hydrogen (secondary N) is 3. The second-order valence-electron chi connectivity index (χ2n) is 22.0. The number of phenols is 1. The summed E-state index contributed by atoms with van der Waals surface area (Å²) in [5, 5.41) is 49.5. The van der Waals surface area contributed by atoms with E-state index in [-0.39, 0.29) is 67.5 Å². The number of hydrogen-bond acceptors (Lipinski definition) is 14. The van der Waals surface area contributed by atoms with Crippen molar-refractivity contribution in [2.24, 2.45) is 16.7 Å². The van der Waals surface area contributed by atoms with Crippen molar-refractivity contribution in [3.05, 3.63) is 83.7 Å². The highest BCUT2D eigenvalue weighted by Crippen LogP contribution is 2.55. The predicted molar refractivity (Wildman–Crippen MR) is 274 cm³/mol. The Morgan fingerprint density at radius 1 is 0.931 bits per heavy atom. The molecule has 4 aromatic rings. The molecule has 2 saturated carbocycles. The molecular weight excluding hydrogens is 911 g/mol. The summed E-state index contributed by atoms with van der Waals surface area (Å²) < 4.78 is 0. The van der Waals surface area contributed by atoms with Crippen LogP contribution in [-0.2, 0) is 20.9 Å². The van der Waals surface area contributed by atoms with Crippen LogP contribution in [0.15, 0.2) is 67.0 Å². The number of carbonyl (C=O) groups is 3. The minimum absolute atomic E-state index is 0.0147. The number of benzene rings is 2. The Bertz CT molecular complexity index is 2640. The van der Waals surface area contributed by atoms with Gasteiger partial charge in [-0.3, -0.25) is 14.4 Å². The minimum Gasteiger partial charge on any atom is -0.507 e. The van der Waals surface area contributed by atoms with Crippen LogP contribution in [0.25, 0.3) is 11.3 Å². The van der Waals surface area contributed by atoms with Gasteiger partial charge in [-0.15, -0.1) is 16.6 Å². The van der Waals surface area contributed by atoms with Gasteiger partial charge in [-0.1, -0.05) is 44.0 Å². The Morgan fingerprint density at radius 2 is 1.67 bits per heavy atom. The quantitative estimate of drug-likeness (QED) is 0.102. The SMILES string of the molecule is C#Cc1ccc(CNC(=O)C2C[C@@H](O)CN2C(=O)[C@@H](NC(=O)C2CCC3(CC2)CC(N2CCC(c4cnc(N5CCN6c7cc(-c8ccccc8O)nnc7NC[C@H]6C5)nc4)CC2)C3)C(C)(C)CCO)cc1. The van der Waals surface area contributed by atoms with E-state index in [0.29, 0.717) is 23.2 Å². The molecule has 1 spiro atoms. The second kappa shape index (κ2) is 20.6. The molecule has 5 fully saturated rings. The standard InChI is InChI=1S/C55H69N11O6/c1-4-35-9-11-36(12-10-35)29-57-51(71)46-25-42(68)34-66(46)52(72)48(54(2,3)19-24-67)60-50(70)38-13-17-55(18-14-38)27-40(28-55)63-20-15-37(16-21-63)39-30-58-53(59-31-39)64-22-23-65-41(33-64)32-56-49-45(65)26-44(61-62-49)43-7-5-6-8-47(43)69/h1,5-12,26,30-31,37-38,40-42,46,48,67-69H,13-25,27-29,32-34H2,2-3H3,(H,56,62)(H,57,71)(H,60,70)/t38?,40?,41-,42+,46?,48+,55?/m0/s1. The number of fused-ring (bicyclic) bond motifs is 3. The molecule has 380 valence electrons. The molecular formula is C55H69N11O6. The Balaban J connectivity index is 0.679. The highest BCUT2D eigenvalue weighted by Gasteiger charge is 2.51. The van der Waals surface area contributed by atoms with Crippen LogP contribution in [0.3, 0.4) is 0 Å². The van der Waals surface area contributed by atoms with E-state index in [1.54, 1.807) is 24.3 Å². The molecule has 17 nitrogen and oxygen atoms in total. The van der Waals surface area contributed by atoms with Gasteiger partial charge in [0.05, 0.1) is 23.5 Å². The van der Waals surface area contributed by atoms with Crippen molar-refractivity contribution < 1.29 is 29.7 Å². The number of likely N-dealkylation sites (tertiary alicyclic amines) is 2. The molecule has 6 N–H and O–H groups in total. The normalized spacial score (nSPS) is 25.9. The van der Waals surface area contributed by atoms with Gasteiger partial charge in [0, 0.05) is 87.8 Å². The van der Waals surface area contributed by atoms with Crippen molar-refractivity contribution in [1.82, 2.24) is 40.6 Å². The average molecular weight is 980 g/mol. The van der Waals surface area contributed by atoms with Gasteiger partial charge in [0.2, 0.25) is 23.7 Å². The average Bonchev–Trinajstić information content (AvgIpc) is 3.80. The number of aliphatic hydroxyl groups excluding tert-OH is 2. The van der Waals surface area contributed by atoms with Gasteiger partial charge in [0.25, 0.3) is 0 Å². The summed E-state index contributed by atoms with van der Waals surface area (Å²) >= 11 is 0. The van der Waals surface area contributed by atoms with E-state index in [4.69, 9.17) is 16.4 Å². The molecule has 17 heteroatoms. The number of nitrogens with zero attached hydrogens (tertiary/aromatic N) is 8. The molecule has 1 unspecified atom stereocenters. The zero-order valence-corrected chi connectivity index (χ0v) is 41.5. The number of piperazine rings is 1. The van der Waals surface area contributed by atoms with Crippen LogP contribution < -0.4 is 25.8 Å². The maximum absolute atomic E-state index is 14.4. The van der Waals surface area contributed by atoms with Crippen LogP contribution in [0.2, 0.25) is 0 Å². The lowest BCUT2D eigenvalue weighted by atomic mass is 9.56. The third-order valence-corrected chi connectivity index (χ3v) is 17.0. The minimum atomic E-state index is -0.982. The van der Waals surface area contributed by atoms with Crippen LogP contribution in [0.1, 0.15) is 101 Å². The van der Waals surface area contributed by atoms with Crippen LogP contribution in [0, 0.1) is 29.1 Å². The van der Waals surface area contributed by atoms with Gasteiger partial charge < -0.3 is 50.9 Å². The topological polar surface area (TPSA) is 213 Å². The third-order valence-electron chi connectivity index (χ3n) is 17.0. The third kappa shape index (κ3) is 10.2. The number of aromatic hydroxyl groups is 1. The predicted octanol–water partition coefficient (Wildman–Crippen LogP) is 4.43. The highest BCUT2D eigenvalue weighted by atomic mass is 16.3. The number of anilines is 3.